The van der Waals surface area contributed by atoms with Crippen LogP contribution in [-0.4, -0.2) is 49.4 Å². The minimum absolute atomic E-state index is 0.377. The molecule has 0 radical (unpaired) electrons. The largest absolute Gasteiger partial charge is 0.332 e. The van der Waals surface area contributed by atoms with E-state index in [0.29, 0.717) is 19.6 Å². The number of amides is 2. The van der Waals surface area contributed by atoms with Crippen molar-refractivity contribution in [3.63, 3.8) is 0 Å². The number of nitrogens with one attached hydrogen (secondary N) is 1. The van der Waals surface area contributed by atoms with Crippen LogP contribution in [0.1, 0.15) is 5.56 Å². The van der Waals surface area contributed by atoms with E-state index in [0.717, 1.165) is 30.8 Å². The smallest absolute Gasteiger partial charge is 0.316 e. The third-order valence-corrected chi connectivity index (χ3v) is 3.72. The lowest BCUT2D eigenvalue weighted by molar-refractivity contribution is -0.144. The molecule has 0 aliphatic carbocycles. The molecule has 2 heterocycles. The van der Waals surface area contributed by atoms with Crippen LogP contribution in [0.5, 0.6) is 0 Å². The number of rotatable bonds is 0. The Labute approximate surface area is 112 Å². The third kappa shape index (κ3) is 2.21. The molecule has 1 N–H and O–H groups in total. The summed E-state index contributed by atoms with van der Waals surface area (Å²) in [6.07, 6.45) is 0.830. The van der Waals surface area contributed by atoms with Gasteiger partial charge in [0.2, 0.25) is 0 Å². The van der Waals surface area contributed by atoms with Crippen molar-refractivity contribution in [2.24, 2.45) is 0 Å². The monoisotopic (exact) mass is 259 g/mol. The summed E-state index contributed by atoms with van der Waals surface area (Å²) in [5.41, 5.74) is 2.03. The minimum Gasteiger partial charge on any atom is -0.332 e. The van der Waals surface area contributed by atoms with Gasteiger partial charge in [-0.25, -0.2) is 0 Å². The molecule has 1 saturated heterocycles. The zero-order chi connectivity index (χ0) is 13.2. The number of benzene rings is 1. The fourth-order valence-electron chi connectivity index (χ4n) is 2.67. The molecule has 1 fully saturated rings. The van der Waals surface area contributed by atoms with Gasteiger partial charge in [-0.15, -0.1) is 0 Å². The number of hydrogen-bond acceptors (Lipinski definition) is 3. The van der Waals surface area contributed by atoms with Gasteiger partial charge in [0.05, 0.1) is 0 Å². The fourth-order valence-corrected chi connectivity index (χ4v) is 2.67. The lowest BCUT2D eigenvalue weighted by Crippen LogP contribution is -2.52. The van der Waals surface area contributed by atoms with Gasteiger partial charge in [-0.2, -0.15) is 0 Å². The van der Waals surface area contributed by atoms with Crippen LogP contribution in [0.25, 0.3) is 0 Å². The van der Waals surface area contributed by atoms with Gasteiger partial charge in [-0.05, 0) is 18.1 Å². The number of anilines is 1. The van der Waals surface area contributed by atoms with Gasteiger partial charge in [0.15, 0.2) is 0 Å². The fraction of sp³-hybridized carbons (Fsp3) is 0.429. The zero-order valence-corrected chi connectivity index (χ0v) is 10.8. The van der Waals surface area contributed by atoms with E-state index < -0.39 is 5.91 Å². The van der Waals surface area contributed by atoms with Crippen LogP contribution in [0, 0.1) is 0 Å². The van der Waals surface area contributed by atoms with E-state index in [2.05, 4.69) is 5.32 Å². The molecular weight excluding hydrogens is 242 g/mol. The highest BCUT2D eigenvalue weighted by atomic mass is 16.2. The maximum atomic E-state index is 12.3. The molecular formula is C14H17N3O2. The average molecular weight is 259 g/mol. The summed E-state index contributed by atoms with van der Waals surface area (Å²) < 4.78 is 0. The Hall–Kier alpha value is -1.88. The molecule has 19 heavy (non-hydrogen) atoms. The predicted molar refractivity (Wildman–Crippen MR) is 71.9 cm³/mol. The Bertz CT molecular complexity index is 509. The van der Waals surface area contributed by atoms with E-state index in [1.165, 1.54) is 0 Å². The Balaban J connectivity index is 1.76. The van der Waals surface area contributed by atoms with E-state index in [9.17, 15) is 9.59 Å². The highest BCUT2D eigenvalue weighted by Gasteiger charge is 2.32. The van der Waals surface area contributed by atoms with Crippen LogP contribution in [-0.2, 0) is 16.0 Å². The number of piperazine rings is 1. The first kappa shape index (κ1) is 12.2. The van der Waals surface area contributed by atoms with Crippen molar-refractivity contribution >= 4 is 17.5 Å². The first-order valence-electron chi connectivity index (χ1n) is 6.67. The summed E-state index contributed by atoms with van der Waals surface area (Å²) in [6.45, 7) is 3.35. The topological polar surface area (TPSA) is 52.7 Å². The number of para-hydroxylation sites is 1. The van der Waals surface area contributed by atoms with Crippen LogP contribution < -0.4 is 10.2 Å². The highest BCUT2D eigenvalue weighted by Crippen LogP contribution is 2.27. The normalized spacial score (nSPS) is 18.3. The lowest BCUT2D eigenvalue weighted by Gasteiger charge is -2.28. The molecule has 0 aromatic heterocycles. The Kier molecular flexibility index (Phi) is 3.21. The van der Waals surface area contributed by atoms with Gasteiger partial charge in [0.1, 0.15) is 0 Å². The lowest BCUT2D eigenvalue weighted by atomic mass is 10.2. The summed E-state index contributed by atoms with van der Waals surface area (Å²) in [5, 5.41) is 3.17. The Morgan fingerprint density at radius 2 is 1.74 bits per heavy atom. The first-order chi connectivity index (χ1) is 9.27. The van der Waals surface area contributed by atoms with Crippen molar-refractivity contribution in [3.8, 4) is 0 Å². The molecule has 0 saturated carbocycles. The van der Waals surface area contributed by atoms with Crippen molar-refractivity contribution < 1.29 is 9.59 Å². The molecule has 1 aromatic rings. The van der Waals surface area contributed by atoms with Crippen molar-refractivity contribution in [2.75, 3.05) is 37.6 Å². The minimum atomic E-state index is -0.396. The van der Waals surface area contributed by atoms with Gasteiger partial charge in [-0.1, -0.05) is 18.2 Å². The van der Waals surface area contributed by atoms with Crippen molar-refractivity contribution in [3.05, 3.63) is 29.8 Å². The quantitative estimate of drug-likeness (QED) is 0.668. The molecule has 5 heteroatoms. The maximum Gasteiger partial charge on any atom is 0.316 e. The van der Waals surface area contributed by atoms with Gasteiger partial charge in [0, 0.05) is 38.4 Å². The number of carbonyl (C=O) groups excluding carboxylic acids is 2. The summed E-state index contributed by atoms with van der Waals surface area (Å²) in [5.74, 6) is -0.773. The van der Waals surface area contributed by atoms with Crippen LogP contribution in [0.4, 0.5) is 5.69 Å². The molecule has 0 atom stereocenters. The van der Waals surface area contributed by atoms with Crippen molar-refractivity contribution in [1.29, 1.82) is 0 Å². The van der Waals surface area contributed by atoms with Gasteiger partial charge in [-0.3, -0.25) is 9.59 Å². The molecule has 3 rings (SSSR count). The van der Waals surface area contributed by atoms with Gasteiger partial charge in [0.25, 0.3) is 0 Å². The number of carbonyl (C=O) groups is 2. The molecule has 5 nitrogen and oxygen atoms in total. The molecule has 0 unspecified atom stereocenters. The standard InChI is InChI=1S/C14H17N3O2/c18-13(16-9-6-15-7-10-16)14(19)17-8-5-11-3-1-2-4-12(11)17/h1-4,15H,5-10H2. The van der Waals surface area contributed by atoms with E-state index in [-0.39, 0.29) is 5.91 Å². The first-order valence-corrected chi connectivity index (χ1v) is 6.67. The molecule has 2 amide bonds. The number of nitrogens with zero attached hydrogens (tertiary/aromatic N) is 2. The van der Waals surface area contributed by atoms with Crippen LogP contribution in [0.15, 0.2) is 24.3 Å². The number of fused-ring (bicyclic) bond motifs is 1. The summed E-state index contributed by atoms with van der Waals surface area (Å²) in [7, 11) is 0. The summed E-state index contributed by atoms with van der Waals surface area (Å²) in [6, 6.07) is 7.79. The molecule has 0 bridgehead atoms. The molecule has 1 aromatic carbocycles. The maximum absolute atomic E-state index is 12.3. The molecule has 0 spiro atoms. The average Bonchev–Trinajstić information content (AvgIpc) is 2.90. The number of hydrogen-bond donors (Lipinski definition) is 1. The summed E-state index contributed by atoms with van der Waals surface area (Å²) in [4.78, 5) is 27.8. The SMILES string of the molecule is O=C(C(=O)N1CCc2ccccc21)N1CCNCC1. The van der Waals surface area contributed by atoms with E-state index in [1.807, 2.05) is 24.3 Å². The van der Waals surface area contributed by atoms with Crippen molar-refractivity contribution in [1.82, 2.24) is 10.2 Å². The second-order valence-electron chi connectivity index (χ2n) is 4.88. The van der Waals surface area contributed by atoms with Crippen molar-refractivity contribution in [2.45, 2.75) is 6.42 Å². The van der Waals surface area contributed by atoms with E-state index >= 15 is 0 Å². The summed E-state index contributed by atoms with van der Waals surface area (Å²) >= 11 is 0. The van der Waals surface area contributed by atoms with Crippen LogP contribution >= 0.6 is 0 Å². The van der Waals surface area contributed by atoms with Gasteiger partial charge < -0.3 is 15.1 Å². The van der Waals surface area contributed by atoms with E-state index in [1.54, 1.807) is 9.80 Å². The second kappa shape index (κ2) is 5.01. The zero-order valence-electron chi connectivity index (χ0n) is 10.8. The van der Waals surface area contributed by atoms with Gasteiger partial charge >= 0.3 is 11.8 Å². The predicted octanol–water partition coefficient (Wildman–Crippen LogP) is 0.00750. The third-order valence-electron chi connectivity index (χ3n) is 3.72. The van der Waals surface area contributed by atoms with Crippen LogP contribution in [0.3, 0.4) is 0 Å². The second-order valence-corrected chi connectivity index (χ2v) is 4.88. The molecule has 2 aliphatic rings. The highest BCUT2D eigenvalue weighted by molar-refractivity contribution is 6.40. The Morgan fingerprint density at radius 1 is 1.00 bits per heavy atom. The van der Waals surface area contributed by atoms with Crippen LogP contribution in [0.2, 0.25) is 0 Å². The van der Waals surface area contributed by atoms with E-state index in [4.69, 9.17) is 0 Å². The molecule has 100 valence electrons. The Morgan fingerprint density at radius 3 is 2.53 bits per heavy atom. The molecule has 2 aliphatic heterocycles.